The van der Waals surface area contributed by atoms with Gasteiger partial charge in [-0.15, -0.1) is 0 Å². The van der Waals surface area contributed by atoms with Crippen LogP contribution >= 0.6 is 22.9 Å². The predicted octanol–water partition coefficient (Wildman–Crippen LogP) is 6.04. The van der Waals surface area contributed by atoms with E-state index in [4.69, 9.17) is 16.6 Å². The van der Waals surface area contributed by atoms with Crippen molar-refractivity contribution < 1.29 is 4.79 Å². The van der Waals surface area contributed by atoms with Gasteiger partial charge in [0.15, 0.2) is 5.13 Å². The van der Waals surface area contributed by atoms with E-state index in [9.17, 15) is 4.79 Å². The second kappa shape index (κ2) is 8.44. The second-order valence-corrected chi connectivity index (χ2v) is 9.44. The molecule has 2 heterocycles. The van der Waals surface area contributed by atoms with Crippen LogP contribution in [0.15, 0.2) is 36.4 Å². The Morgan fingerprint density at radius 3 is 2.52 bits per heavy atom. The number of anilines is 1. The van der Waals surface area contributed by atoms with Crippen molar-refractivity contribution in [1.29, 1.82) is 0 Å². The molecule has 0 radical (unpaired) electrons. The van der Waals surface area contributed by atoms with Crippen LogP contribution in [0, 0.1) is 34.6 Å². The molecule has 0 saturated carbocycles. The van der Waals surface area contributed by atoms with Gasteiger partial charge in [-0.3, -0.25) is 14.4 Å². The van der Waals surface area contributed by atoms with Crippen LogP contribution < -0.4 is 4.90 Å². The summed E-state index contributed by atoms with van der Waals surface area (Å²) in [5.74, 6) is -0.0539. The van der Waals surface area contributed by atoms with Crippen molar-refractivity contribution in [3.8, 4) is 0 Å². The molecule has 160 valence electrons. The highest BCUT2D eigenvalue weighted by atomic mass is 35.5. The summed E-state index contributed by atoms with van der Waals surface area (Å²) in [6.07, 6.45) is 0. The molecule has 0 aliphatic rings. The van der Waals surface area contributed by atoms with Gasteiger partial charge >= 0.3 is 0 Å². The zero-order valence-corrected chi connectivity index (χ0v) is 19.9. The number of nitrogens with zero attached hydrogens (tertiary/aromatic N) is 4. The largest absolute Gasteiger partial charge is 0.282 e. The molecule has 0 N–H and O–H groups in total. The van der Waals surface area contributed by atoms with Gasteiger partial charge in [-0.25, -0.2) is 4.98 Å². The SMILES string of the molecule is Cc1ccc(C(=O)N(CCn2nc(C)cc2C)c2nc3c(C)cc(Cl)cc3s2)c(C)c1. The fraction of sp³-hybridized carbons (Fsp3) is 0.292. The van der Waals surface area contributed by atoms with E-state index in [1.807, 2.05) is 75.7 Å². The molecule has 5 nitrogen and oxygen atoms in total. The van der Waals surface area contributed by atoms with Crippen molar-refractivity contribution in [2.45, 2.75) is 41.2 Å². The Balaban J connectivity index is 1.75. The maximum atomic E-state index is 13.7. The average Bonchev–Trinajstić information content (AvgIpc) is 3.24. The highest BCUT2D eigenvalue weighted by molar-refractivity contribution is 7.22. The molecule has 4 rings (SSSR count). The van der Waals surface area contributed by atoms with E-state index in [0.717, 1.165) is 38.3 Å². The lowest BCUT2D eigenvalue weighted by Gasteiger charge is -2.21. The molecule has 0 atom stereocenters. The first-order valence-electron chi connectivity index (χ1n) is 10.2. The number of benzene rings is 2. The summed E-state index contributed by atoms with van der Waals surface area (Å²) < 4.78 is 2.91. The van der Waals surface area contributed by atoms with Crippen LogP contribution in [0.3, 0.4) is 0 Å². The smallest absolute Gasteiger partial charge is 0.260 e. The zero-order valence-electron chi connectivity index (χ0n) is 18.4. The van der Waals surface area contributed by atoms with E-state index < -0.39 is 0 Å². The summed E-state index contributed by atoms with van der Waals surface area (Å²) in [4.78, 5) is 20.2. The van der Waals surface area contributed by atoms with Gasteiger partial charge in [0.25, 0.3) is 5.91 Å². The number of rotatable bonds is 5. The lowest BCUT2D eigenvalue weighted by Crippen LogP contribution is -2.34. The normalized spacial score (nSPS) is 11.3. The van der Waals surface area contributed by atoms with Crippen molar-refractivity contribution in [3.63, 3.8) is 0 Å². The molecule has 0 aliphatic carbocycles. The van der Waals surface area contributed by atoms with E-state index in [1.165, 1.54) is 11.3 Å². The second-order valence-electron chi connectivity index (χ2n) is 7.99. The number of halogens is 1. The number of carbonyl (C=O) groups is 1. The molecule has 0 bridgehead atoms. The first kappa shape index (κ1) is 21.5. The van der Waals surface area contributed by atoms with Gasteiger partial charge < -0.3 is 0 Å². The average molecular weight is 453 g/mol. The van der Waals surface area contributed by atoms with Crippen molar-refractivity contribution in [2.24, 2.45) is 0 Å². The molecule has 2 aromatic carbocycles. The van der Waals surface area contributed by atoms with Crippen LogP contribution in [0.4, 0.5) is 5.13 Å². The Morgan fingerprint density at radius 1 is 1.06 bits per heavy atom. The van der Waals surface area contributed by atoms with E-state index in [0.29, 0.717) is 28.8 Å². The summed E-state index contributed by atoms with van der Waals surface area (Å²) in [6, 6.07) is 11.8. The zero-order chi connectivity index (χ0) is 22.3. The van der Waals surface area contributed by atoms with Gasteiger partial charge in [0.05, 0.1) is 22.5 Å². The first-order valence-corrected chi connectivity index (χ1v) is 11.4. The number of fused-ring (bicyclic) bond motifs is 1. The summed E-state index contributed by atoms with van der Waals surface area (Å²) in [7, 11) is 0. The Hall–Kier alpha value is -2.70. The van der Waals surface area contributed by atoms with E-state index in [-0.39, 0.29) is 5.91 Å². The lowest BCUT2D eigenvalue weighted by molar-refractivity contribution is 0.0985. The van der Waals surface area contributed by atoms with Gasteiger partial charge in [0.1, 0.15) is 0 Å². The molecule has 7 heteroatoms. The highest BCUT2D eigenvalue weighted by Crippen LogP contribution is 2.34. The van der Waals surface area contributed by atoms with Gasteiger partial charge in [-0.1, -0.05) is 40.6 Å². The molecule has 0 fully saturated rings. The molecule has 0 unspecified atom stereocenters. The topological polar surface area (TPSA) is 51.0 Å². The summed E-state index contributed by atoms with van der Waals surface area (Å²) in [5, 5.41) is 5.90. The van der Waals surface area contributed by atoms with Crippen LogP contribution in [0.2, 0.25) is 5.02 Å². The molecule has 31 heavy (non-hydrogen) atoms. The Morgan fingerprint density at radius 2 is 1.84 bits per heavy atom. The van der Waals surface area contributed by atoms with E-state index in [2.05, 4.69) is 5.10 Å². The highest BCUT2D eigenvalue weighted by Gasteiger charge is 2.23. The quantitative estimate of drug-likeness (QED) is 0.371. The molecule has 4 aromatic rings. The van der Waals surface area contributed by atoms with E-state index in [1.54, 1.807) is 4.90 Å². The molecule has 0 spiro atoms. The summed E-state index contributed by atoms with van der Waals surface area (Å²) in [6.45, 7) is 11.1. The number of hydrogen-bond donors (Lipinski definition) is 0. The Labute approximate surface area is 191 Å². The third-order valence-corrected chi connectivity index (χ3v) is 6.61. The Bertz CT molecular complexity index is 1290. The fourth-order valence-corrected chi connectivity index (χ4v) is 5.28. The summed E-state index contributed by atoms with van der Waals surface area (Å²) in [5.41, 5.74) is 6.71. The van der Waals surface area contributed by atoms with Crippen LogP contribution in [0.1, 0.15) is 38.4 Å². The number of carbonyl (C=O) groups excluding carboxylic acids is 1. The number of thiazole rings is 1. The first-order chi connectivity index (χ1) is 14.7. The number of hydrogen-bond acceptors (Lipinski definition) is 4. The number of aryl methyl sites for hydroxylation is 5. The predicted molar refractivity (Wildman–Crippen MR) is 129 cm³/mol. The standard InChI is InChI=1S/C24H25ClN4OS/c1-14-6-7-20(15(2)10-14)23(30)28(8-9-29-18(5)12-17(4)27-29)24-26-22-16(3)11-19(25)13-21(22)31-24/h6-7,10-13H,8-9H2,1-5H3. The van der Waals surface area contributed by atoms with Crippen molar-refractivity contribution in [3.05, 3.63) is 75.1 Å². The van der Waals surface area contributed by atoms with Gasteiger partial charge in [0, 0.05) is 22.8 Å². The number of amides is 1. The van der Waals surface area contributed by atoms with Crippen molar-refractivity contribution in [2.75, 3.05) is 11.4 Å². The van der Waals surface area contributed by atoms with Gasteiger partial charge in [0.2, 0.25) is 0 Å². The Kier molecular flexibility index (Phi) is 5.86. The molecule has 0 aliphatic heterocycles. The monoisotopic (exact) mass is 452 g/mol. The minimum Gasteiger partial charge on any atom is -0.282 e. The van der Waals surface area contributed by atoms with Crippen LogP contribution in [0.5, 0.6) is 0 Å². The van der Waals surface area contributed by atoms with Crippen molar-refractivity contribution >= 4 is 44.2 Å². The van der Waals surface area contributed by atoms with Crippen molar-refractivity contribution in [1.82, 2.24) is 14.8 Å². The minimum absolute atomic E-state index is 0.0539. The van der Waals surface area contributed by atoms with Gasteiger partial charge in [-0.05, 0) is 70.0 Å². The van der Waals surface area contributed by atoms with Gasteiger partial charge in [-0.2, -0.15) is 5.10 Å². The van der Waals surface area contributed by atoms with Crippen LogP contribution in [0.25, 0.3) is 10.2 Å². The number of aromatic nitrogens is 3. The molecule has 0 saturated heterocycles. The molecular weight excluding hydrogens is 428 g/mol. The third-order valence-electron chi connectivity index (χ3n) is 5.37. The van der Waals surface area contributed by atoms with Crippen LogP contribution in [-0.4, -0.2) is 27.2 Å². The fourth-order valence-electron chi connectivity index (χ4n) is 3.84. The molecule has 2 aromatic heterocycles. The summed E-state index contributed by atoms with van der Waals surface area (Å²) >= 11 is 7.74. The lowest BCUT2D eigenvalue weighted by atomic mass is 10.0. The third kappa shape index (κ3) is 4.36. The maximum Gasteiger partial charge on any atom is 0.260 e. The minimum atomic E-state index is -0.0539. The molecule has 1 amide bonds. The van der Waals surface area contributed by atoms with E-state index >= 15 is 0 Å². The van der Waals surface area contributed by atoms with Crippen LogP contribution in [-0.2, 0) is 6.54 Å². The molecular formula is C24H25ClN4OS. The maximum absolute atomic E-state index is 13.7.